The Bertz CT molecular complexity index is 935. The first-order valence-electron chi connectivity index (χ1n) is 9.43. The van der Waals surface area contributed by atoms with Crippen LogP contribution in [0.15, 0.2) is 67.1 Å². The van der Waals surface area contributed by atoms with Crippen LogP contribution < -0.4 is 15.1 Å². The molecule has 0 radical (unpaired) electrons. The van der Waals surface area contributed by atoms with Crippen molar-refractivity contribution in [3.05, 3.63) is 78.2 Å². The minimum atomic E-state index is -0.148. The Hall–Kier alpha value is -3.41. The van der Waals surface area contributed by atoms with Crippen molar-refractivity contribution in [3.8, 4) is 0 Å². The van der Waals surface area contributed by atoms with Crippen molar-refractivity contribution in [1.29, 1.82) is 0 Å². The number of amides is 1. The molecule has 1 aliphatic rings. The number of hydrogen-bond acceptors (Lipinski definition) is 5. The van der Waals surface area contributed by atoms with Gasteiger partial charge in [-0.1, -0.05) is 23.8 Å². The SMILES string of the molecule is Cc1ccc(NC(=O)c2cncc(N3CCN(c4ccccn4)CC3)c2)cc1. The van der Waals surface area contributed by atoms with Gasteiger partial charge in [-0.3, -0.25) is 9.78 Å². The third kappa shape index (κ3) is 4.11. The van der Waals surface area contributed by atoms with Crippen LogP contribution in [0.2, 0.25) is 0 Å². The molecule has 3 heterocycles. The van der Waals surface area contributed by atoms with E-state index in [0.29, 0.717) is 5.56 Å². The average Bonchev–Trinajstić information content (AvgIpc) is 2.76. The number of nitrogens with one attached hydrogen (secondary N) is 1. The lowest BCUT2D eigenvalue weighted by Crippen LogP contribution is -2.46. The van der Waals surface area contributed by atoms with Gasteiger partial charge in [0.15, 0.2) is 0 Å². The van der Waals surface area contributed by atoms with Gasteiger partial charge < -0.3 is 15.1 Å². The summed E-state index contributed by atoms with van der Waals surface area (Å²) in [4.78, 5) is 25.8. The van der Waals surface area contributed by atoms with Gasteiger partial charge in [0.1, 0.15) is 5.82 Å². The van der Waals surface area contributed by atoms with E-state index in [1.165, 1.54) is 0 Å². The number of benzene rings is 1. The summed E-state index contributed by atoms with van der Waals surface area (Å²) in [6.45, 7) is 5.52. The first kappa shape index (κ1) is 18.0. The molecule has 2 aromatic heterocycles. The highest BCUT2D eigenvalue weighted by Crippen LogP contribution is 2.20. The van der Waals surface area contributed by atoms with Crippen molar-refractivity contribution in [1.82, 2.24) is 9.97 Å². The lowest BCUT2D eigenvalue weighted by molar-refractivity contribution is 0.102. The van der Waals surface area contributed by atoms with E-state index in [4.69, 9.17) is 0 Å². The second-order valence-electron chi connectivity index (χ2n) is 6.91. The molecule has 1 aliphatic heterocycles. The molecule has 0 atom stereocenters. The lowest BCUT2D eigenvalue weighted by atomic mass is 10.2. The molecule has 0 saturated carbocycles. The predicted octanol–water partition coefficient (Wildman–Crippen LogP) is 3.36. The van der Waals surface area contributed by atoms with Crippen LogP contribution in [0.4, 0.5) is 17.2 Å². The summed E-state index contributed by atoms with van der Waals surface area (Å²) in [6.07, 6.45) is 5.25. The van der Waals surface area contributed by atoms with E-state index >= 15 is 0 Å². The van der Waals surface area contributed by atoms with Gasteiger partial charge in [0, 0.05) is 44.3 Å². The highest BCUT2D eigenvalue weighted by Gasteiger charge is 2.19. The fourth-order valence-electron chi connectivity index (χ4n) is 3.30. The molecule has 6 nitrogen and oxygen atoms in total. The van der Waals surface area contributed by atoms with Gasteiger partial charge >= 0.3 is 0 Å². The van der Waals surface area contributed by atoms with Crippen molar-refractivity contribution in [2.75, 3.05) is 41.3 Å². The summed E-state index contributed by atoms with van der Waals surface area (Å²) >= 11 is 0. The zero-order valence-corrected chi connectivity index (χ0v) is 15.9. The maximum Gasteiger partial charge on any atom is 0.257 e. The molecule has 142 valence electrons. The van der Waals surface area contributed by atoms with Gasteiger partial charge in [0.2, 0.25) is 0 Å². The Morgan fingerprint density at radius 2 is 1.71 bits per heavy atom. The monoisotopic (exact) mass is 373 g/mol. The number of carbonyl (C=O) groups excluding carboxylic acids is 1. The standard InChI is InChI=1S/C22H23N5O/c1-17-5-7-19(8-6-17)25-22(28)18-14-20(16-23-15-18)26-10-12-27(13-11-26)21-4-2-3-9-24-21/h2-9,14-16H,10-13H2,1H3,(H,25,28). The molecule has 0 unspecified atom stereocenters. The number of nitrogens with zero attached hydrogens (tertiary/aromatic N) is 4. The van der Waals surface area contributed by atoms with E-state index in [1.54, 1.807) is 6.20 Å². The Labute approximate surface area is 164 Å². The molecule has 1 N–H and O–H groups in total. The molecule has 1 amide bonds. The molecule has 0 aliphatic carbocycles. The number of anilines is 3. The average molecular weight is 373 g/mol. The molecule has 1 aromatic carbocycles. The van der Waals surface area contributed by atoms with Gasteiger partial charge in [-0.25, -0.2) is 4.98 Å². The maximum absolute atomic E-state index is 12.6. The van der Waals surface area contributed by atoms with Crippen LogP contribution in [-0.2, 0) is 0 Å². The van der Waals surface area contributed by atoms with E-state index < -0.39 is 0 Å². The van der Waals surface area contributed by atoms with Crippen molar-refractivity contribution >= 4 is 23.1 Å². The first-order valence-corrected chi connectivity index (χ1v) is 9.43. The summed E-state index contributed by atoms with van der Waals surface area (Å²) < 4.78 is 0. The second kappa shape index (κ2) is 8.08. The first-order chi connectivity index (χ1) is 13.7. The molecule has 3 aromatic rings. The Balaban J connectivity index is 1.41. The highest BCUT2D eigenvalue weighted by atomic mass is 16.1. The quantitative estimate of drug-likeness (QED) is 0.760. The number of pyridine rings is 2. The Kier molecular flexibility index (Phi) is 5.19. The number of hydrogen-bond donors (Lipinski definition) is 1. The minimum Gasteiger partial charge on any atom is -0.367 e. The van der Waals surface area contributed by atoms with E-state index in [0.717, 1.165) is 48.9 Å². The molecule has 28 heavy (non-hydrogen) atoms. The fourth-order valence-corrected chi connectivity index (χ4v) is 3.30. The topological polar surface area (TPSA) is 61.4 Å². The Morgan fingerprint density at radius 1 is 0.964 bits per heavy atom. The van der Waals surface area contributed by atoms with Gasteiger partial charge in [0.05, 0.1) is 17.4 Å². The fraction of sp³-hybridized carbons (Fsp3) is 0.227. The number of piperazine rings is 1. The molecule has 4 rings (SSSR count). The lowest BCUT2D eigenvalue weighted by Gasteiger charge is -2.36. The number of aromatic nitrogens is 2. The van der Waals surface area contributed by atoms with Gasteiger partial charge in [0.25, 0.3) is 5.91 Å². The summed E-state index contributed by atoms with van der Waals surface area (Å²) in [7, 11) is 0. The molecule has 0 spiro atoms. The third-order valence-corrected chi connectivity index (χ3v) is 4.91. The molecule has 1 fully saturated rings. The number of carbonyl (C=O) groups is 1. The molecular formula is C22H23N5O. The van der Waals surface area contributed by atoms with Gasteiger partial charge in [-0.05, 0) is 37.3 Å². The highest BCUT2D eigenvalue weighted by molar-refractivity contribution is 6.04. The van der Waals surface area contributed by atoms with E-state index in [2.05, 4.69) is 25.1 Å². The zero-order chi connectivity index (χ0) is 19.3. The predicted molar refractivity (Wildman–Crippen MR) is 112 cm³/mol. The maximum atomic E-state index is 12.6. The summed E-state index contributed by atoms with van der Waals surface area (Å²) in [6, 6.07) is 15.6. The normalized spacial score (nSPS) is 14.0. The zero-order valence-electron chi connectivity index (χ0n) is 15.9. The van der Waals surface area contributed by atoms with Crippen molar-refractivity contribution in [2.45, 2.75) is 6.92 Å². The molecule has 0 bridgehead atoms. The van der Waals surface area contributed by atoms with Crippen LogP contribution in [0, 0.1) is 6.92 Å². The van der Waals surface area contributed by atoms with Crippen LogP contribution in [0.25, 0.3) is 0 Å². The molecule has 1 saturated heterocycles. The summed E-state index contributed by atoms with van der Waals surface area (Å²) in [5.41, 5.74) is 3.47. The Morgan fingerprint density at radius 3 is 2.43 bits per heavy atom. The van der Waals surface area contributed by atoms with Gasteiger partial charge in [-0.15, -0.1) is 0 Å². The van der Waals surface area contributed by atoms with Crippen LogP contribution in [0.3, 0.4) is 0 Å². The summed E-state index contributed by atoms with van der Waals surface area (Å²) in [5.74, 6) is 0.858. The summed E-state index contributed by atoms with van der Waals surface area (Å²) in [5, 5.41) is 2.93. The van der Waals surface area contributed by atoms with E-state index in [9.17, 15) is 4.79 Å². The van der Waals surface area contributed by atoms with Crippen LogP contribution in [0.5, 0.6) is 0 Å². The van der Waals surface area contributed by atoms with Crippen molar-refractivity contribution in [2.24, 2.45) is 0 Å². The third-order valence-electron chi connectivity index (χ3n) is 4.91. The number of aryl methyl sites for hydroxylation is 1. The van der Waals surface area contributed by atoms with Crippen LogP contribution >= 0.6 is 0 Å². The van der Waals surface area contributed by atoms with Gasteiger partial charge in [-0.2, -0.15) is 0 Å². The van der Waals surface area contributed by atoms with E-state index in [1.807, 2.05) is 67.8 Å². The number of rotatable bonds is 4. The van der Waals surface area contributed by atoms with Crippen molar-refractivity contribution in [3.63, 3.8) is 0 Å². The van der Waals surface area contributed by atoms with Crippen molar-refractivity contribution < 1.29 is 4.79 Å². The largest absolute Gasteiger partial charge is 0.367 e. The van der Waals surface area contributed by atoms with Crippen LogP contribution in [-0.4, -0.2) is 42.1 Å². The second-order valence-corrected chi connectivity index (χ2v) is 6.91. The molecular weight excluding hydrogens is 350 g/mol. The smallest absolute Gasteiger partial charge is 0.257 e. The van der Waals surface area contributed by atoms with Crippen LogP contribution in [0.1, 0.15) is 15.9 Å². The minimum absolute atomic E-state index is 0.148. The molecule has 6 heteroatoms. The van der Waals surface area contributed by atoms with E-state index in [-0.39, 0.29) is 5.91 Å².